The van der Waals surface area contributed by atoms with Gasteiger partial charge in [-0.15, -0.1) is 0 Å². The lowest BCUT2D eigenvalue weighted by molar-refractivity contribution is -0.137. The minimum atomic E-state index is -4.63. The van der Waals surface area contributed by atoms with Crippen LogP contribution in [-0.4, -0.2) is 31.9 Å². The first-order chi connectivity index (χ1) is 17.3. The number of rotatable bonds is 6. The molecule has 4 aromatic rings. The molecule has 0 N–H and O–H groups in total. The second-order valence-electron chi connectivity index (χ2n) is 8.19. The van der Waals surface area contributed by atoms with Gasteiger partial charge in [0.15, 0.2) is 5.78 Å². The molecule has 0 amide bonds. The number of alkyl halides is 3. The SMILES string of the molecule is O=C(Cc1cc(Cc2ncccc2-c2ncnc3c2N=CC3)ccc1F)c1cncc(C(F)(F)F)c1. The lowest BCUT2D eigenvalue weighted by Crippen LogP contribution is -2.11. The van der Waals surface area contributed by atoms with E-state index in [0.717, 1.165) is 23.5 Å². The van der Waals surface area contributed by atoms with E-state index in [1.54, 1.807) is 24.5 Å². The number of halogens is 4. The van der Waals surface area contributed by atoms with Gasteiger partial charge in [0, 0.05) is 55.2 Å². The first kappa shape index (κ1) is 23.4. The molecule has 0 bridgehead atoms. The fraction of sp³-hybridized carbons (Fsp3) is 0.154. The molecule has 3 aromatic heterocycles. The molecular formula is C26H17F4N5O. The number of nitrogens with zero attached hydrogens (tertiary/aromatic N) is 5. The van der Waals surface area contributed by atoms with Crippen LogP contribution in [0.5, 0.6) is 0 Å². The number of hydrogen-bond donors (Lipinski definition) is 0. The Labute approximate surface area is 202 Å². The third kappa shape index (κ3) is 4.74. The molecule has 0 fully saturated rings. The Balaban J connectivity index is 1.42. The van der Waals surface area contributed by atoms with Crippen LogP contribution in [0.15, 0.2) is 66.3 Å². The molecule has 180 valence electrons. The van der Waals surface area contributed by atoms with Crippen LogP contribution < -0.4 is 0 Å². The Morgan fingerprint density at radius 2 is 1.89 bits per heavy atom. The number of carbonyl (C=O) groups excluding carboxylic acids is 1. The maximum Gasteiger partial charge on any atom is 0.417 e. The minimum absolute atomic E-state index is 0.0694. The number of fused-ring (bicyclic) bond motifs is 1. The van der Waals surface area contributed by atoms with E-state index < -0.39 is 29.8 Å². The second kappa shape index (κ2) is 9.37. The number of Topliss-reactive ketones (excluding diaryl/α,β-unsaturated/α-hetero) is 1. The third-order valence-electron chi connectivity index (χ3n) is 5.77. The maximum atomic E-state index is 14.6. The molecule has 0 saturated heterocycles. The van der Waals surface area contributed by atoms with Crippen molar-refractivity contribution < 1.29 is 22.4 Å². The van der Waals surface area contributed by atoms with Gasteiger partial charge < -0.3 is 0 Å². The van der Waals surface area contributed by atoms with Crippen molar-refractivity contribution in [1.82, 2.24) is 19.9 Å². The third-order valence-corrected chi connectivity index (χ3v) is 5.77. The lowest BCUT2D eigenvalue weighted by Gasteiger charge is -2.12. The summed E-state index contributed by atoms with van der Waals surface area (Å²) in [5.41, 5.74) is 3.06. The summed E-state index contributed by atoms with van der Waals surface area (Å²) >= 11 is 0. The first-order valence-corrected chi connectivity index (χ1v) is 10.9. The number of aliphatic imine (C=N–C) groups is 1. The predicted molar refractivity (Wildman–Crippen MR) is 124 cm³/mol. The first-order valence-electron chi connectivity index (χ1n) is 10.9. The molecule has 36 heavy (non-hydrogen) atoms. The summed E-state index contributed by atoms with van der Waals surface area (Å²) in [5, 5.41) is 0. The summed E-state index contributed by atoms with van der Waals surface area (Å²) in [4.78, 5) is 33.7. The topological polar surface area (TPSA) is 81.0 Å². The Morgan fingerprint density at radius 1 is 1.03 bits per heavy atom. The summed E-state index contributed by atoms with van der Waals surface area (Å²) in [6, 6.07) is 8.71. The molecule has 6 nitrogen and oxygen atoms in total. The van der Waals surface area contributed by atoms with E-state index in [-0.39, 0.29) is 11.1 Å². The number of carbonyl (C=O) groups is 1. The largest absolute Gasteiger partial charge is 0.417 e. The Morgan fingerprint density at radius 3 is 2.72 bits per heavy atom. The van der Waals surface area contributed by atoms with E-state index in [1.165, 1.54) is 18.5 Å². The van der Waals surface area contributed by atoms with Crippen LogP contribution in [0.4, 0.5) is 23.2 Å². The van der Waals surface area contributed by atoms with Crippen molar-refractivity contribution in [3.63, 3.8) is 0 Å². The van der Waals surface area contributed by atoms with E-state index >= 15 is 0 Å². The molecule has 10 heteroatoms. The Hall–Kier alpha value is -4.34. The molecule has 0 atom stereocenters. The van der Waals surface area contributed by atoms with Crippen LogP contribution in [-0.2, 0) is 25.4 Å². The molecule has 5 rings (SSSR count). The average Bonchev–Trinajstić information content (AvgIpc) is 3.35. The Bertz CT molecular complexity index is 1500. The van der Waals surface area contributed by atoms with Crippen molar-refractivity contribution in [1.29, 1.82) is 0 Å². The molecular weight excluding hydrogens is 474 g/mol. The highest BCUT2D eigenvalue weighted by Crippen LogP contribution is 2.35. The van der Waals surface area contributed by atoms with Crippen molar-refractivity contribution in [2.75, 3.05) is 0 Å². The fourth-order valence-corrected chi connectivity index (χ4v) is 4.00. The zero-order chi connectivity index (χ0) is 25.3. The van der Waals surface area contributed by atoms with E-state index in [4.69, 9.17) is 0 Å². The zero-order valence-electron chi connectivity index (χ0n) is 18.6. The van der Waals surface area contributed by atoms with E-state index in [1.807, 2.05) is 6.07 Å². The summed E-state index contributed by atoms with van der Waals surface area (Å²) in [6.07, 6.45) is 2.45. The van der Waals surface area contributed by atoms with Gasteiger partial charge in [-0.25, -0.2) is 14.4 Å². The molecule has 1 aliphatic heterocycles. The molecule has 0 unspecified atom stereocenters. The fourth-order valence-electron chi connectivity index (χ4n) is 4.00. The lowest BCUT2D eigenvalue weighted by atomic mass is 9.97. The molecule has 1 aliphatic rings. The molecule has 0 aliphatic carbocycles. The van der Waals surface area contributed by atoms with Crippen LogP contribution in [0.25, 0.3) is 11.3 Å². The van der Waals surface area contributed by atoms with Gasteiger partial charge in [0.05, 0.1) is 17.0 Å². The monoisotopic (exact) mass is 491 g/mol. The molecule has 1 aromatic carbocycles. The highest BCUT2D eigenvalue weighted by molar-refractivity contribution is 5.97. The van der Waals surface area contributed by atoms with Crippen LogP contribution in [0.3, 0.4) is 0 Å². The highest BCUT2D eigenvalue weighted by atomic mass is 19.4. The van der Waals surface area contributed by atoms with E-state index in [2.05, 4.69) is 24.9 Å². The van der Waals surface area contributed by atoms with Crippen molar-refractivity contribution in [2.24, 2.45) is 4.99 Å². The molecule has 4 heterocycles. The number of aromatic nitrogens is 4. The van der Waals surface area contributed by atoms with Crippen LogP contribution in [0.2, 0.25) is 0 Å². The Kier molecular flexibility index (Phi) is 6.09. The van der Waals surface area contributed by atoms with Gasteiger partial charge in [-0.1, -0.05) is 12.1 Å². The number of ketones is 1. The summed E-state index contributed by atoms with van der Waals surface area (Å²) < 4.78 is 53.5. The van der Waals surface area contributed by atoms with Crippen molar-refractivity contribution in [3.05, 3.63) is 101 Å². The van der Waals surface area contributed by atoms with Gasteiger partial charge in [-0.3, -0.25) is 19.8 Å². The molecule has 0 radical (unpaired) electrons. The number of pyridine rings is 2. The standard InChI is InChI=1S/C26H17F4N5O/c27-20-4-3-15(8-16(20)11-23(36)17-10-18(13-31-12-17)26(28,29)30)9-22-19(2-1-6-32-22)24-25-21(5-7-33-25)34-14-35-24/h1-4,6-8,10,12-14H,5,9,11H2. The minimum Gasteiger partial charge on any atom is -0.294 e. The normalized spacial score (nSPS) is 12.6. The van der Waals surface area contributed by atoms with Gasteiger partial charge in [-0.05, 0) is 35.4 Å². The van der Waals surface area contributed by atoms with Crippen LogP contribution in [0, 0.1) is 5.82 Å². The summed E-state index contributed by atoms with van der Waals surface area (Å²) in [6.45, 7) is 0. The van der Waals surface area contributed by atoms with Gasteiger partial charge in [-0.2, -0.15) is 13.2 Å². The van der Waals surface area contributed by atoms with E-state index in [9.17, 15) is 22.4 Å². The van der Waals surface area contributed by atoms with Gasteiger partial charge in [0.2, 0.25) is 0 Å². The molecule has 0 saturated carbocycles. The quantitative estimate of drug-likeness (QED) is 0.268. The van der Waals surface area contributed by atoms with Gasteiger partial charge >= 0.3 is 6.18 Å². The highest BCUT2D eigenvalue weighted by Gasteiger charge is 2.31. The smallest absolute Gasteiger partial charge is 0.294 e. The van der Waals surface area contributed by atoms with Crippen molar-refractivity contribution in [3.8, 4) is 11.3 Å². The van der Waals surface area contributed by atoms with Crippen molar-refractivity contribution in [2.45, 2.75) is 25.4 Å². The summed E-state index contributed by atoms with van der Waals surface area (Å²) in [5.74, 6) is -1.30. The van der Waals surface area contributed by atoms with Gasteiger partial charge in [0.1, 0.15) is 23.5 Å². The second-order valence-corrected chi connectivity index (χ2v) is 8.19. The average molecular weight is 491 g/mol. The maximum absolute atomic E-state index is 14.6. The predicted octanol–water partition coefficient (Wildman–Crippen LogP) is 5.37. The van der Waals surface area contributed by atoms with Crippen LogP contribution in [0.1, 0.15) is 38.4 Å². The number of hydrogen-bond acceptors (Lipinski definition) is 6. The zero-order valence-corrected chi connectivity index (χ0v) is 18.6. The van der Waals surface area contributed by atoms with E-state index in [0.29, 0.717) is 41.7 Å². The molecule has 0 spiro atoms. The van der Waals surface area contributed by atoms with Crippen LogP contribution >= 0.6 is 0 Å². The van der Waals surface area contributed by atoms with Crippen molar-refractivity contribution >= 4 is 17.7 Å². The number of benzene rings is 1. The summed E-state index contributed by atoms with van der Waals surface area (Å²) in [7, 11) is 0. The van der Waals surface area contributed by atoms with Gasteiger partial charge in [0.25, 0.3) is 0 Å².